The second-order valence-electron chi connectivity index (χ2n) is 4.46. The highest BCUT2D eigenvalue weighted by Gasteiger charge is 2.26. The summed E-state index contributed by atoms with van der Waals surface area (Å²) in [6.07, 6.45) is 0.967. The molecule has 0 aromatic heterocycles. The van der Waals surface area contributed by atoms with E-state index in [1.165, 1.54) is 0 Å². The average molecular weight is 224 g/mol. The zero-order valence-corrected chi connectivity index (χ0v) is 10.1. The van der Waals surface area contributed by atoms with Crippen LogP contribution in [0.25, 0.3) is 0 Å². The highest BCUT2D eigenvalue weighted by molar-refractivity contribution is 5.32. The molecule has 0 amide bonds. The molecule has 0 fully saturated rings. The molecule has 0 heterocycles. The van der Waals surface area contributed by atoms with Gasteiger partial charge in [-0.2, -0.15) is 0 Å². The first-order valence-corrected chi connectivity index (χ1v) is 5.61. The molecular formula is C13H20O3. The largest absolute Gasteiger partial charge is 0.508 e. The molecule has 1 rings (SSSR count). The van der Waals surface area contributed by atoms with Crippen molar-refractivity contribution < 1.29 is 14.9 Å². The number of phenolic OH excluding ortho intramolecular Hbond substituents is 1. The van der Waals surface area contributed by atoms with Crippen molar-refractivity contribution in [3.8, 4) is 11.5 Å². The number of benzene rings is 1. The zero-order valence-electron chi connectivity index (χ0n) is 10.1. The predicted octanol–water partition coefficient (Wildman–Crippen LogP) is 2.71. The number of rotatable bonds is 5. The van der Waals surface area contributed by atoms with Crippen molar-refractivity contribution in [2.24, 2.45) is 0 Å². The van der Waals surface area contributed by atoms with Crippen LogP contribution in [0.2, 0.25) is 0 Å². The summed E-state index contributed by atoms with van der Waals surface area (Å²) in [5.74, 6) is 0.818. The fourth-order valence-electron chi connectivity index (χ4n) is 1.71. The van der Waals surface area contributed by atoms with Gasteiger partial charge in [-0.25, -0.2) is 0 Å². The Hall–Kier alpha value is -1.22. The molecule has 0 radical (unpaired) electrons. The maximum Gasteiger partial charge on any atom is 0.123 e. The van der Waals surface area contributed by atoms with Crippen LogP contribution in [0, 0.1) is 0 Å². The predicted molar refractivity (Wildman–Crippen MR) is 63.7 cm³/mol. The number of phenols is 1. The molecule has 2 unspecified atom stereocenters. The van der Waals surface area contributed by atoms with Gasteiger partial charge in [0.25, 0.3) is 0 Å². The molecule has 0 bridgehead atoms. The molecule has 0 aliphatic rings. The smallest absolute Gasteiger partial charge is 0.123 e. The van der Waals surface area contributed by atoms with Crippen molar-refractivity contribution in [3.63, 3.8) is 0 Å². The molecule has 16 heavy (non-hydrogen) atoms. The van der Waals surface area contributed by atoms with Gasteiger partial charge < -0.3 is 14.9 Å². The van der Waals surface area contributed by atoms with E-state index in [1.807, 2.05) is 13.8 Å². The van der Waals surface area contributed by atoms with E-state index >= 15 is 0 Å². The minimum Gasteiger partial charge on any atom is -0.508 e. The number of aliphatic hydroxyl groups is 1. The second kappa shape index (κ2) is 5.21. The Morgan fingerprint density at radius 1 is 1.44 bits per heavy atom. The standard InChI is InChI=1S/C13H20O3/c1-4-13(3,9-10(2)14)16-12-7-5-6-11(15)8-12/h5-8,10,14-15H,4,9H2,1-3H3. The number of hydrogen-bond donors (Lipinski definition) is 2. The molecule has 0 saturated heterocycles. The highest BCUT2D eigenvalue weighted by Crippen LogP contribution is 2.27. The molecule has 1 aromatic rings. The third-order valence-electron chi connectivity index (χ3n) is 2.66. The van der Waals surface area contributed by atoms with Crippen LogP contribution in [0.5, 0.6) is 11.5 Å². The van der Waals surface area contributed by atoms with Gasteiger partial charge in [-0.1, -0.05) is 13.0 Å². The van der Waals surface area contributed by atoms with Crippen LogP contribution in [0.1, 0.15) is 33.6 Å². The van der Waals surface area contributed by atoms with Gasteiger partial charge in [-0.05, 0) is 32.4 Å². The number of ether oxygens (including phenoxy) is 1. The molecule has 2 atom stereocenters. The lowest BCUT2D eigenvalue weighted by atomic mass is 9.95. The van der Waals surface area contributed by atoms with Crippen LogP contribution < -0.4 is 4.74 Å². The molecule has 0 aliphatic carbocycles. The van der Waals surface area contributed by atoms with E-state index in [1.54, 1.807) is 31.2 Å². The molecule has 2 N–H and O–H groups in total. The van der Waals surface area contributed by atoms with Gasteiger partial charge in [0, 0.05) is 12.5 Å². The Bertz CT molecular complexity index is 336. The van der Waals surface area contributed by atoms with Gasteiger partial charge in [-0.3, -0.25) is 0 Å². The molecule has 0 spiro atoms. The Morgan fingerprint density at radius 2 is 2.12 bits per heavy atom. The fourth-order valence-corrected chi connectivity index (χ4v) is 1.71. The minimum atomic E-state index is -0.401. The third kappa shape index (κ3) is 3.74. The van der Waals surface area contributed by atoms with Crippen LogP contribution in [-0.2, 0) is 0 Å². The second-order valence-corrected chi connectivity index (χ2v) is 4.46. The Balaban J connectivity index is 2.76. The van der Waals surface area contributed by atoms with Gasteiger partial charge in [0.15, 0.2) is 0 Å². The summed E-state index contributed by atoms with van der Waals surface area (Å²) < 4.78 is 5.82. The van der Waals surface area contributed by atoms with E-state index in [4.69, 9.17) is 4.74 Å². The van der Waals surface area contributed by atoms with Crippen LogP contribution in [0.4, 0.5) is 0 Å². The molecular weight excluding hydrogens is 204 g/mol. The maximum absolute atomic E-state index is 9.42. The van der Waals surface area contributed by atoms with E-state index in [9.17, 15) is 10.2 Å². The van der Waals surface area contributed by atoms with E-state index in [0.29, 0.717) is 12.2 Å². The van der Waals surface area contributed by atoms with Crippen molar-refractivity contribution in [2.45, 2.75) is 45.3 Å². The van der Waals surface area contributed by atoms with Crippen molar-refractivity contribution in [2.75, 3.05) is 0 Å². The Labute approximate surface area is 96.7 Å². The SMILES string of the molecule is CCC(C)(CC(C)O)Oc1cccc(O)c1. The van der Waals surface area contributed by atoms with Crippen molar-refractivity contribution in [3.05, 3.63) is 24.3 Å². The van der Waals surface area contributed by atoms with E-state index < -0.39 is 11.7 Å². The van der Waals surface area contributed by atoms with Crippen LogP contribution >= 0.6 is 0 Å². The quantitative estimate of drug-likeness (QED) is 0.808. The summed E-state index contributed by atoms with van der Waals surface area (Å²) in [4.78, 5) is 0. The van der Waals surface area contributed by atoms with Crippen molar-refractivity contribution in [1.82, 2.24) is 0 Å². The Morgan fingerprint density at radius 3 is 2.62 bits per heavy atom. The third-order valence-corrected chi connectivity index (χ3v) is 2.66. The average Bonchev–Trinajstić information content (AvgIpc) is 2.16. The molecule has 0 aliphatic heterocycles. The van der Waals surface area contributed by atoms with Gasteiger partial charge in [-0.15, -0.1) is 0 Å². The van der Waals surface area contributed by atoms with Crippen LogP contribution in [0.3, 0.4) is 0 Å². The van der Waals surface area contributed by atoms with Crippen LogP contribution in [-0.4, -0.2) is 21.9 Å². The summed E-state index contributed by atoms with van der Waals surface area (Å²) in [7, 11) is 0. The van der Waals surface area contributed by atoms with Crippen molar-refractivity contribution >= 4 is 0 Å². The molecule has 0 saturated carbocycles. The van der Waals surface area contributed by atoms with Crippen LogP contribution in [0.15, 0.2) is 24.3 Å². The number of aromatic hydroxyl groups is 1. The molecule has 3 heteroatoms. The van der Waals surface area contributed by atoms with E-state index in [-0.39, 0.29) is 5.75 Å². The lowest BCUT2D eigenvalue weighted by molar-refractivity contribution is 0.0279. The fraction of sp³-hybridized carbons (Fsp3) is 0.538. The number of hydrogen-bond acceptors (Lipinski definition) is 3. The minimum absolute atomic E-state index is 0.188. The van der Waals surface area contributed by atoms with E-state index in [2.05, 4.69) is 0 Å². The van der Waals surface area contributed by atoms with Gasteiger partial charge in [0.05, 0.1) is 6.10 Å². The summed E-state index contributed by atoms with van der Waals surface area (Å²) in [6, 6.07) is 6.72. The van der Waals surface area contributed by atoms with Gasteiger partial charge in [0.2, 0.25) is 0 Å². The lowest BCUT2D eigenvalue weighted by Crippen LogP contribution is -2.35. The van der Waals surface area contributed by atoms with Gasteiger partial charge >= 0.3 is 0 Å². The van der Waals surface area contributed by atoms with E-state index in [0.717, 1.165) is 6.42 Å². The summed E-state index contributed by atoms with van der Waals surface area (Å²) >= 11 is 0. The highest BCUT2D eigenvalue weighted by atomic mass is 16.5. The molecule has 1 aromatic carbocycles. The monoisotopic (exact) mass is 224 g/mol. The first-order valence-electron chi connectivity index (χ1n) is 5.61. The topological polar surface area (TPSA) is 49.7 Å². The summed E-state index contributed by atoms with van der Waals surface area (Å²) in [6.45, 7) is 5.73. The number of aliphatic hydroxyl groups excluding tert-OH is 1. The molecule has 3 nitrogen and oxygen atoms in total. The maximum atomic E-state index is 9.42. The van der Waals surface area contributed by atoms with Crippen molar-refractivity contribution in [1.29, 1.82) is 0 Å². The zero-order chi connectivity index (χ0) is 12.2. The summed E-state index contributed by atoms with van der Waals surface area (Å²) in [5, 5.41) is 18.8. The normalized spacial score (nSPS) is 16.5. The summed E-state index contributed by atoms with van der Waals surface area (Å²) in [5.41, 5.74) is -0.401. The lowest BCUT2D eigenvalue weighted by Gasteiger charge is -2.30. The first-order chi connectivity index (χ1) is 7.45. The first kappa shape index (κ1) is 12.8. The van der Waals surface area contributed by atoms with Gasteiger partial charge in [0.1, 0.15) is 17.1 Å². The molecule has 90 valence electrons. The Kier molecular flexibility index (Phi) is 4.19.